The molecule has 0 N–H and O–H groups in total. The Morgan fingerprint density at radius 1 is 1.29 bits per heavy atom. The summed E-state index contributed by atoms with van der Waals surface area (Å²) in [4.78, 5) is 0. The highest BCUT2D eigenvalue weighted by Gasteiger charge is 2.16. The van der Waals surface area contributed by atoms with Crippen LogP contribution in [0.2, 0.25) is 0 Å². The van der Waals surface area contributed by atoms with E-state index < -0.39 is 0 Å². The Labute approximate surface area is 84.9 Å². The molecule has 0 heterocycles. The molecule has 1 aromatic carbocycles. The smallest absolute Gasteiger partial charge is 0.168 e. The molecule has 78 valence electrons. The van der Waals surface area contributed by atoms with E-state index in [4.69, 9.17) is 4.74 Å². The lowest BCUT2D eigenvalue weighted by Gasteiger charge is -2.19. The van der Waals surface area contributed by atoms with E-state index in [0.717, 1.165) is 12.0 Å². The summed E-state index contributed by atoms with van der Waals surface area (Å²) in [6.45, 7) is 6.27. The molecule has 0 amide bonds. The Hall–Kier alpha value is -1.05. The minimum atomic E-state index is -0.232. The quantitative estimate of drug-likeness (QED) is 0.704. The van der Waals surface area contributed by atoms with E-state index in [0.29, 0.717) is 5.75 Å². The first kappa shape index (κ1) is 11.0. The lowest BCUT2D eigenvalue weighted by molar-refractivity contribution is 0.370. The highest BCUT2D eigenvalue weighted by Crippen LogP contribution is 2.26. The Balaban J connectivity index is 2.98. The van der Waals surface area contributed by atoms with Crippen LogP contribution in [0.4, 0.5) is 4.39 Å². The van der Waals surface area contributed by atoms with Crippen molar-refractivity contribution in [3.63, 3.8) is 0 Å². The standard InChI is InChI=1S/C12H17FO/c1-12(2,3)8-9-6-5-7-10(14-4)11(9)13/h5-7H,8H2,1-4H3. The Kier molecular flexibility index (Phi) is 3.14. The summed E-state index contributed by atoms with van der Waals surface area (Å²) < 4.78 is 18.6. The van der Waals surface area contributed by atoms with E-state index in [1.165, 1.54) is 7.11 Å². The van der Waals surface area contributed by atoms with Crippen LogP contribution in [0.25, 0.3) is 0 Å². The van der Waals surface area contributed by atoms with Gasteiger partial charge >= 0.3 is 0 Å². The maximum atomic E-state index is 13.7. The second kappa shape index (κ2) is 3.99. The second-order valence-electron chi connectivity index (χ2n) is 4.67. The van der Waals surface area contributed by atoms with Gasteiger partial charge in [-0.3, -0.25) is 0 Å². The predicted octanol–water partition coefficient (Wildman–Crippen LogP) is 3.42. The maximum absolute atomic E-state index is 13.7. The summed E-state index contributed by atoms with van der Waals surface area (Å²) in [6, 6.07) is 5.27. The maximum Gasteiger partial charge on any atom is 0.168 e. The molecule has 1 nitrogen and oxygen atoms in total. The number of benzene rings is 1. The van der Waals surface area contributed by atoms with Crippen LogP contribution in [-0.4, -0.2) is 7.11 Å². The molecule has 14 heavy (non-hydrogen) atoms. The third-order valence-corrected chi connectivity index (χ3v) is 1.98. The van der Waals surface area contributed by atoms with Crippen LogP contribution in [-0.2, 0) is 6.42 Å². The minimum Gasteiger partial charge on any atom is -0.494 e. The van der Waals surface area contributed by atoms with Gasteiger partial charge in [-0.15, -0.1) is 0 Å². The fraction of sp³-hybridized carbons (Fsp3) is 0.500. The number of methoxy groups -OCH3 is 1. The monoisotopic (exact) mass is 196 g/mol. The average Bonchev–Trinajstić information content (AvgIpc) is 2.06. The molecule has 0 radical (unpaired) electrons. The summed E-state index contributed by atoms with van der Waals surface area (Å²) in [5, 5.41) is 0. The molecule has 0 atom stereocenters. The van der Waals surface area contributed by atoms with Crippen LogP contribution >= 0.6 is 0 Å². The third-order valence-electron chi connectivity index (χ3n) is 1.98. The summed E-state index contributed by atoms with van der Waals surface area (Å²) in [5.41, 5.74) is 0.810. The Morgan fingerprint density at radius 3 is 2.43 bits per heavy atom. The van der Waals surface area contributed by atoms with Crippen LogP contribution in [0.1, 0.15) is 26.3 Å². The lowest BCUT2D eigenvalue weighted by Crippen LogP contribution is -2.10. The first-order valence-corrected chi connectivity index (χ1v) is 4.75. The normalized spacial score (nSPS) is 11.5. The van der Waals surface area contributed by atoms with Gasteiger partial charge in [0.15, 0.2) is 11.6 Å². The van der Waals surface area contributed by atoms with Crippen LogP contribution in [0, 0.1) is 11.2 Å². The fourth-order valence-corrected chi connectivity index (χ4v) is 1.42. The molecule has 0 bridgehead atoms. The number of hydrogen-bond donors (Lipinski definition) is 0. The van der Waals surface area contributed by atoms with Crippen LogP contribution in [0.5, 0.6) is 5.75 Å². The first-order chi connectivity index (χ1) is 6.44. The van der Waals surface area contributed by atoms with Gasteiger partial charge in [0.05, 0.1) is 7.11 Å². The molecule has 1 rings (SSSR count). The van der Waals surface area contributed by atoms with E-state index in [1.807, 2.05) is 12.1 Å². The van der Waals surface area contributed by atoms with Crippen LogP contribution in [0.3, 0.4) is 0 Å². The zero-order chi connectivity index (χ0) is 10.8. The Bertz CT molecular complexity index is 313. The van der Waals surface area contributed by atoms with Gasteiger partial charge in [-0.2, -0.15) is 0 Å². The van der Waals surface area contributed by atoms with E-state index >= 15 is 0 Å². The van der Waals surface area contributed by atoms with Crippen molar-refractivity contribution in [3.8, 4) is 5.75 Å². The van der Waals surface area contributed by atoms with Crippen molar-refractivity contribution in [1.29, 1.82) is 0 Å². The summed E-state index contributed by atoms with van der Waals surface area (Å²) in [5.74, 6) is 0.0941. The van der Waals surface area contributed by atoms with Gasteiger partial charge in [-0.05, 0) is 23.5 Å². The molecule has 0 aromatic heterocycles. The molecule has 1 aromatic rings. The zero-order valence-electron chi connectivity index (χ0n) is 9.23. The third kappa shape index (κ3) is 2.72. The molecule has 0 saturated carbocycles. The highest BCUT2D eigenvalue weighted by molar-refractivity contribution is 5.31. The molecule has 2 heteroatoms. The van der Waals surface area contributed by atoms with Crippen molar-refractivity contribution in [2.24, 2.45) is 5.41 Å². The number of rotatable bonds is 2. The molecular formula is C12H17FO. The molecular weight excluding hydrogens is 179 g/mol. The predicted molar refractivity (Wildman–Crippen MR) is 56.1 cm³/mol. The van der Waals surface area contributed by atoms with Gasteiger partial charge in [-0.1, -0.05) is 32.9 Å². The van der Waals surface area contributed by atoms with Crippen molar-refractivity contribution in [3.05, 3.63) is 29.6 Å². The molecule has 0 saturated heterocycles. The molecule has 0 fully saturated rings. The second-order valence-corrected chi connectivity index (χ2v) is 4.67. The van der Waals surface area contributed by atoms with Gasteiger partial charge in [-0.25, -0.2) is 4.39 Å². The minimum absolute atomic E-state index is 0.0905. The topological polar surface area (TPSA) is 9.23 Å². The molecule has 0 unspecified atom stereocenters. The first-order valence-electron chi connectivity index (χ1n) is 4.75. The largest absolute Gasteiger partial charge is 0.494 e. The fourth-order valence-electron chi connectivity index (χ4n) is 1.42. The van der Waals surface area contributed by atoms with Gasteiger partial charge in [0, 0.05) is 0 Å². The summed E-state index contributed by atoms with van der Waals surface area (Å²) in [6.07, 6.45) is 0.718. The van der Waals surface area contributed by atoms with Crippen molar-refractivity contribution < 1.29 is 9.13 Å². The van der Waals surface area contributed by atoms with E-state index in [9.17, 15) is 4.39 Å². The van der Waals surface area contributed by atoms with E-state index in [2.05, 4.69) is 20.8 Å². The van der Waals surface area contributed by atoms with Gasteiger partial charge in [0.2, 0.25) is 0 Å². The molecule has 0 spiro atoms. The van der Waals surface area contributed by atoms with Gasteiger partial charge in [0.1, 0.15) is 0 Å². The zero-order valence-corrected chi connectivity index (χ0v) is 9.23. The van der Waals surface area contributed by atoms with Crippen molar-refractivity contribution >= 4 is 0 Å². The van der Waals surface area contributed by atoms with Gasteiger partial charge < -0.3 is 4.74 Å². The summed E-state index contributed by atoms with van der Waals surface area (Å²) in [7, 11) is 1.49. The number of halogens is 1. The summed E-state index contributed by atoms with van der Waals surface area (Å²) >= 11 is 0. The SMILES string of the molecule is COc1cccc(CC(C)(C)C)c1F. The van der Waals surface area contributed by atoms with E-state index in [-0.39, 0.29) is 11.2 Å². The molecule has 0 aliphatic heterocycles. The number of ether oxygens (including phenoxy) is 1. The molecule has 0 aliphatic rings. The van der Waals surface area contributed by atoms with Gasteiger partial charge in [0.25, 0.3) is 0 Å². The van der Waals surface area contributed by atoms with Crippen molar-refractivity contribution in [2.45, 2.75) is 27.2 Å². The Morgan fingerprint density at radius 2 is 1.93 bits per heavy atom. The van der Waals surface area contributed by atoms with Crippen LogP contribution < -0.4 is 4.74 Å². The lowest BCUT2D eigenvalue weighted by atomic mass is 9.88. The molecule has 0 aliphatic carbocycles. The number of hydrogen-bond acceptors (Lipinski definition) is 1. The van der Waals surface area contributed by atoms with E-state index in [1.54, 1.807) is 6.07 Å². The van der Waals surface area contributed by atoms with Crippen molar-refractivity contribution in [2.75, 3.05) is 7.11 Å². The van der Waals surface area contributed by atoms with Crippen LogP contribution in [0.15, 0.2) is 18.2 Å². The van der Waals surface area contributed by atoms with Crippen molar-refractivity contribution in [1.82, 2.24) is 0 Å². The average molecular weight is 196 g/mol. The highest BCUT2D eigenvalue weighted by atomic mass is 19.1.